The summed E-state index contributed by atoms with van der Waals surface area (Å²) < 4.78 is 0. The van der Waals surface area contributed by atoms with Gasteiger partial charge in [-0.25, -0.2) is 4.79 Å². The topological polar surface area (TPSA) is 66.4 Å². The van der Waals surface area contributed by atoms with Crippen molar-refractivity contribution in [3.63, 3.8) is 0 Å². The van der Waals surface area contributed by atoms with Crippen LogP contribution in [0.1, 0.15) is 28.8 Å². The van der Waals surface area contributed by atoms with Crippen molar-refractivity contribution in [3.8, 4) is 0 Å². The fraction of sp³-hybridized carbons (Fsp3) is 0.385. The zero-order chi connectivity index (χ0) is 12.3. The van der Waals surface area contributed by atoms with E-state index in [1.54, 1.807) is 18.2 Å². The van der Waals surface area contributed by atoms with Crippen molar-refractivity contribution in [2.45, 2.75) is 19.3 Å². The molecule has 4 nitrogen and oxygen atoms in total. The third-order valence-electron chi connectivity index (χ3n) is 2.83. The van der Waals surface area contributed by atoms with Gasteiger partial charge >= 0.3 is 5.97 Å². The molecular formula is C13H15NO3. The number of carbonyl (C=O) groups is 2. The molecule has 1 fully saturated rings. The number of benzene rings is 1. The number of hydrogen-bond acceptors (Lipinski definition) is 2. The SMILES string of the molecule is O=C(O)c1cccc(CCNC(=O)C2CC2)c1. The van der Waals surface area contributed by atoms with Crippen LogP contribution in [-0.2, 0) is 11.2 Å². The first-order chi connectivity index (χ1) is 8.16. The van der Waals surface area contributed by atoms with Crippen molar-refractivity contribution < 1.29 is 14.7 Å². The first-order valence-corrected chi connectivity index (χ1v) is 5.77. The van der Waals surface area contributed by atoms with E-state index in [9.17, 15) is 9.59 Å². The molecule has 90 valence electrons. The van der Waals surface area contributed by atoms with Crippen LogP contribution < -0.4 is 5.32 Å². The Balaban J connectivity index is 1.83. The van der Waals surface area contributed by atoms with Gasteiger partial charge in [-0.2, -0.15) is 0 Å². The number of amides is 1. The molecule has 0 saturated heterocycles. The Morgan fingerprint density at radius 3 is 2.76 bits per heavy atom. The van der Waals surface area contributed by atoms with Crippen molar-refractivity contribution in [2.24, 2.45) is 5.92 Å². The Hall–Kier alpha value is -1.84. The number of carbonyl (C=O) groups excluding carboxylic acids is 1. The Kier molecular flexibility index (Phi) is 3.42. The van der Waals surface area contributed by atoms with Gasteiger partial charge in [-0.05, 0) is 37.0 Å². The molecule has 0 atom stereocenters. The van der Waals surface area contributed by atoms with Crippen LogP contribution in [0, 0.1) is 5.92 Å². The van der Waals surface area contributed by atoms with Crippen LogP contribution in [0.25, 0.3) is 0 Å². The molecule has 0 heterocycles. The molecule has 2 rings (SSSR count). The summed E-state index contributed by atoms with van der Waals surface area (Å²) in [6, 6.07) is 6.80. The summed E-state index contributed by atoms with van der Waals surface area (Å²) in [5.41, 5.74) is 1.22. The number of aromatic carboxylic acids is 1. The molecule has 4 heteroatoms. The Morgan fingerprint density at radius 1 is 1.35 bits per heavy atom. The number of carboxylic acids is 1. The molecular weight excluding hydrogens is 218 g/mol. The molecule has 0 unspecified atom stereocenters. The largest absolute Gasteiger partial charge is 0.478 e. The molecule has 1 aromatic carbocycles. The van der Waals surface area contributed by atoms with Gasteiger partial charge in [0, 0.05) is 12.5 Å². The highest BCUT2D eigenvalue weighted by atomic mass is 16.4. The van der Waals surface area contributed by atoms with E-state index in [1.807, 2.05) is 6.07 Å². The fourth-order valence-corrected chi connectivity index (χ4v) is 1.68. The normalized spacial score (nSPS) is 14.4. The second-order valence-corrected chi connectivity index (χ2v) is 4.32. The summed E-state index contributed by atoms with van der Waals surface area (Å²) in [6.07, 6.45) is 2.67. The van der Waals surface area contributed by atoms with Crippen molar-refractivity contribution in [1.82, 2.24) is 5.32 Å². The Morgan fingerprint density at radius 2 is 2.12 bits per heavy atom. The molecule has 0 bridgehead atoms. The summed E-state index contributed by atoms with van der Waals surface area (Å²) in [6.45, 7) is 0.568. The number of hydrogen-bond donors (Lipinski definition) is 2. The standard InChI is InChI=1S/C13H15NO3/c15-12(10-4-5-10)14-7-6-9-2-1-3-11(8-9)13(16)17/h1-3,8,10H,4-7H2,(H,14,15)(H,16,17). The van der Waals surface area contributed by atoms with Gasteiger partial charge in [0.2, 0.25) is 5.91 Å². The minimum absolute atomic E-state index is 0.124. The van der Waals surface area contributed by atoms with E-state index in [-0.39, 0.29) is 17.4 Å². The van der Waals surface area contributed by atoms with Crippen molar-refractivity contribution in [2.75, 3.05) is 6.54 Å². The predicted octanol–water partition coefficient (Wildman–Crippen LogP) is 1.45. The highest BCUT2D eigenvalue weighted by Gasteiger charge is 2.28. The van der Waals surface area contributed by atoms with Gasteiger partial charge in [0.05, 0.1) is 5.56 Å². The van der Waals surface area contributed by atoms with Crippen LogP contribution in [0.3, 0.4) is 0 Å². The lowest BCUT2D eigenvalue weighted by atomic mass is 10.1. The third kappa shape index (κ3) is 3.31. The quantitative estimate of drug-likeness (QED) is 0.809. The molecule has 0 radical (unpaired) electrons. The zero-order valence-corrected chi connectivity index (χ0v) is 9.48. The van der Waals surface area contributed by atoms with Gasteiger partial charge in [0.15, 0.2) is 0 Å². The van der Waals surface area contributed by atoms with Crippen LogP contribution >= 0.6 is 0 Å². The van der Waals surface area contributed by atoms with Crippen LogP contribution in [0.4, 0.5) is 0 Å². The van der Waals surface area contributed by atoms with E-state index in [4.69, 9.17) is 5.11 Å². The molecule has 1 aliphatic carbocycles. The van der Waals surface area contributed by atoms with E-state index >= 15 is 0 Å². The lowest BCUT2D eigenvalue weighted by Gasteiger charge is -2.05. The van der Waals surface area contributed by atoms with Gasteiger partial charge in [-0.1, -0.05) is 12.1 Å². The first-order valence-electron chi connectivity index (χ1n) is 5.77. The average molecular weight is 233 g/mol. The second kappa shape index (κ2) is 4.99. The lowest BCUT2D eigenvalue weighted by Crippen LogP contribution is -2.26. The van der Waals surface area contributed by atoms with Crippen LogP contribution in [0.2, 0.25) is 0 Å². The maximum absolute atomic E-state index is 11.4. The average Bonchev–Trinajstić information content (AvgIpc) is 3.13. The molecule has 1 saturated carbocycles. The van der Waals surface area contributed by atoms with E-state index in [2.05, 4.69) is 5.32 Å². The summed E-state index contributed by atoms with van der Waals surface area (Å²) in [7, 11) is 0. The molecule has 2 N–H and O–H groups in total. The van der Waals surface area contributed by atoms with Crippen molar-refractivity contribution >= 4 is 11.9 Å². The number of rotatable bonds is 5. The van der Waals surface area contributed by atoms with E-state index in [0.29, 0.717) is 13.0 Å². The van der Waals surface area contributed by atoms with Crippen LogP contribution in [0.15, 0.2) is 24.3 Å². The van der Waals surface area contributed by atoms with E-state index < -0.39 is 5.97 Å². The van der Waals surface area contributed by atoms with Gasteiger partial charge in [0.1, 0.15) is 0 Å². The smallest absolute Gasteiger partial charge is 0.335 e. The lowest BCUT2D eigenvalue weighted by molar-refractivity contribution is -0.122. The maximum Gasteiger partial charge on any atom is 0.335 e. The molecule has 0 aromatic heterocycles. The monoisotopic (exact) mass is 233 g/mol. The molecule has 1 amide bonds. The summed E-state index contributed by atoms with van der Waals surface area (Å²) >= 11 is 0. The fourth-order valence-electron chi connectivity index (χ4n) is 1.68. The van der Waals surface area contributed by atoms with Crippen LogP contribution in [0.5, 0.6) is 0 Å². The summed E-state index contributed by atoms with van der Waals surface area (Å²) in [4.78, 5) is 22.1. The van der Waals surface area contributed by atoms with Gasteiger partial charge in [-0.15, -0.1) is 0 Å². The summed E-state index contributed by atoms with van der Waals surface area (Å²) in [5.74, 6) is -0.575. The highest BCUT2D eigenvalue weighted by molar-refractivity contribution is 5.87. The van der Waals surface area contributed by atoms with Gasteiger partial charge in [0.25, 0.3) is 0 Å². The summed E-state index contributed by atoms with van der Waals surface area (Å²) in [5, 5.41) is 11.7. The molecule has 0 aliphatic heterocycles. The second-order valence-electron chi connectivity index (χ2n) is 4.32. The first kappa shape index (κ1) is 11.6. The molecule has 17 heavy (non-hydrogen) atoms. The highest BCUT2D eigenvalue weighted by Crippen LogP contribution is 2.28. The molecule has 1 aromatic rings. The minimum atomic E-state index is -0.922. The zero-order valence-electron chi connectivity index (χ0n) is 9.48. The number of carboxylic acid groups (broad SMARTS) is 1. The Labute approximate surface area is 99.6 Å². The van der Waals surface area contributed by atoms with E-state index in [0.717, 1.165) is 18.4 Å². The predicted molar refractivity (Wildman–Crippen MR) is 62.8 cm³/mol. The van der Waals surface area contributed by atoms with Crippen LogP contribution in [-0.4, -0.2) is 23.5 Å². The number of nitrogens with one attached hydrogen (secondary N) is 1. The van der Waals surface area contributed by atoms with Crippen molar-refractivity contribution in [3.05, 3.63) is 35.4 Å². The maximum atomic E-state index is 11.4. The van der Waals surface area contributed by atoms with Gasteiger partial charge in [-0.3, -0.25) is 4.79 Å². The van der Waals surface area contributed by atoms with E-state index in [1.165, 1.54) is 0 Å². The van der Waals surface area contributed by atoms with Gasteiger partial charge < -0.3 is 10.4 Å². The van der Waals surface area contributed by atoms with Crippen molar-refractivity contribution in [1.29, 1.82) is 0 Å². The Bertz CT molecular complexity index is 438. The molecule has 0 spiro atoms. The minimum Gasteiger partial charge on any atom is -0.478 e. The molecule has 1 aliphatic rings. The third-order valence-corrected chi connectivity index (χ3v) is 2.83.